The predicted octanol–water partition coefficient (Wildman–Crippen LogP) is 6.09. The van der Waals surface area contributed by atoms with E-state index in [9.17, 15) is 4.79 Å². The van der Waals surface area contributed by atoms with Crippen molar-refractivity contribution in [3.05, 3.63) is 68.5 Å². The van der Waals surface area contributed by atoms with Gasteiger partial charge in [0.05, 0.1) is 11.9 Å². The van der Waals surface area contributed by atoms with Gasteiger partial charge in [-0.3, -0.25) is 4.79 Å². The summed E-state index contributed by atoms with van der Waals surface area (Å²) in [5.41, 5.74) is 1.61. The quantitative estimate of drug-likeness (QED) is 0.477. The second-order valence-electron chi connectivity index (χ2n) is 5.30. The van der Waals surface area contributed by atoms with Gasteiger partial charge in [-0.05, 0) is 58.4 Å². The maximum absolute atomic E-state index is 12.1. The van der Waals surface area contributed by atoms with Crippen molar-refractivity contribution in [2.24, 2.45) is 0 Å². The minimum atomic E-state index is -0.106. The minimum Gasteiger partial charge on any atom is -0.441 e. The van der Waals surface area contributed by atoms with E-state index in [1.54, 1.807) is 18.3 Å². The Morgan fingerprint density at radius 1 is 1.16 bits per heavy atom. The zero-order valence-corrected chi connectivity index (χ0v) is 16.9. The van der Waals surface area contributed by atoms with Crippen LogP contribution in [0.3, 0.4) is 0 Å². The first kappa shape index (κ1) is 18.2. The molecule has 0 unspecified atom stereocenters. The first-order valence-corrected chi connectivity index (χ1v) is 9.43. The molecule has 3 rings (SSSR count). The fourth-order valence-corrected chi connectivity index (χ4v) is 3.03. The smallest absolute Gasteiger partial charge is 0.224 e. The minimum absolute atomic E-state index is 0.106. The van der Waals surface area contributed by atoms with Crippen LogP contribution in [0.2, 0.25) is 5.02 Å². The maximum Gasteiger partial charge on any atom is 0.224 e. The summed E-state index contributed by atoms with van der Waals surface area (Å²) in [6.45, 7) is 0. The molecular weight excluding hydrogens is 471 g/mol. The molecule has 1 N–H and O–H groups in total. The zero-order valence-electron chi connectivity index (χ0n) is 12.9. The first-order chi connectivity index (χ1) is 12.0. The highest BCUT2D eigenvalue weighted by molar-refractivity contribution is 9.11. The number of aryl methyl sites for hydroxylation is 1. The normalized spacial score (nSPS) is 10.7. The molecule has 0 saturated heterocycles. The van der Waals surface area contributed by atoms with Crippen LogP contribution < -0.4 is 5.32 Å². The van der Waals surface area contributed by atoms with Crippen LogP contribution in [0.25, 0.3) is 11.3 Å². The Kier molecular flexibility index (Phi) is 5.93. The van der Waals surface area contributed by atoms with E-state index in [1.165, 1.54) is 0 Å². The predicted molar refractivity (Wildman–Crippen MR) is 106 cm³/mol. The lowest BCUT2D eigenvalue weighted by atomic mass is 10.2. The van der Waals surface area contributed by atoms with Crippen LogP contribution in [0, 0.1) is 0 Å². The van der Waals surface area contributed by atoms with Crippen LogP contribution in [-0.4, -0.2) is 10.9 Å². The SMILES string of the molecule is O=C(CCc1ncc(-c2ccc(Cl)cc2)o1)Nc1cc(Br)ccc1Br. The molecule has 0 atom stereocenters. The average Bonchev–Trinajstić information content (AvgIpc) is 3.06. The summed E-state index contributed by atoms with van der Waals surface area (Å²) < 4.78 is 7.42. The van der Waals surface area contributed by atoms with Crippen molar-refractivity contribution >= 4 is 55.1 Å². The van der Waals surface area contributed by atoms with Crippen LogP contribution in [-0.2, 0) is 11.2 Å². The number of carbonyl (C=O) groups excluding carboxylic acids is 1. The Morgan fingerprint density at radius 2 is 1.92 bits per heavy atom. The number of hydrogen-bond donors (Lipinski definition) is 1. The summed E-state index contributed by atoms with van der Waals surface area (Å²) in [5, 5.41) is 3.53. The first-order valence-electron chi connectivity index (χ1n) is 7.47. The van der Waals surface area contributed by atoms with Crippen LogP contribution in [0.1, 0.15) is 12.3 Å². The van der Waals surface area contributed by atoms with Gasteiger partial charge in [-0.25, -0.2) is 4.98 Å². The van der Waals surface area contributed by atoms with E-state index < -0.39 is 0 Å². The number of halogens is 3. The Bertz CT molecular complexity index is 894. The second kappa shape index (κ2) is 8.17. The van der Waals surface area contributed by atoms with Crippen molar-refractivity contribution in [1.82, 2.24) is 4.98 Å². The summed E-state index contributed by atoms with van der Waals surface area (Å²) >= 11 is 12.7. The molecule has 25 heavy (non-hydrogen) atoms. The summed E-state index contributed by atoms with van der Waals surface area (Å²) in [7, 11) is 0. The molecule has 1 amide bonds. The van der Waals surface area contributed by atoms with Gasteiger partial charge in [0.15, 0.2) is 11.7 Å². The molecular formula is C18H13Br2ClN2O2. The molecule has 2 aromatic carbocycles. The van der Waals surface area contributed by atoms with Crippen molar-refractivity contribution < 1.29 is 9.21 Å². The fourth-order valence-electron chi connectivity index (χ4n) is 2.20. The monoisotopic (exact) mass is 482 g/mol. The van der Waals surface area contributed by atoms with Crippen LogP contribution in [0.5, 0.6) is 0 Å². The number of carbonyl (C=O) groups is 1. The van der Waals surface area contributed by atoms with E-state index >= 15 is 0 Å². The molecule has 1 heterocycles. The highest BCUT2D eigenvalue weighted by Gasteiger charge is 2.10. The van der Waals surface area contributed by atoms with E-state index in [0.29, 0.717) is 28.8 Å². The van der Waals surface area contributed by atoms with E-state index in [1.807, 2.05) is 30.3 Å². The van der Waals surface area contributed by atoms with Gasteiger partial charge in [0, 0.05) is 32.4 Å². The Morgan fingerprint density at radius 3 is 2.68 bits per heavy atom. The third-order valence-corrected chi connectivity index (χ3v) is 4.89. The number of nitrogens with one attached hydrogen (secondary N) is 1. The molecule has 0 aliphatic rings. The van der Waals surface area contributed by atoms with E-state index in [4.69, 9.17) is 16.0 Å². The number of benzene rings is 2. The highest BCUT2D eigenvalue weighted by atomic mass is 79.9. The number of hydrogen-bond acceptors (Lipinski definition) is 3. The van der Waals surface area contributed by atoms with Gasteiger partial charge in [0.1, 0.15) is 0 Å². The molecule has 0 bridgehead atoms. The van der Waals surface area contributed by atoms with Gasteiger partial charge in [-0.1, -0.05) is 27.5 Å². The van der Waals surface area contributed by atoms with Crippen LogP contribution in [0.4, 0.5) is 5.69 Å². The Labute approximate surface area is 166 Å². The number of amides is 1. The van der Waals surface area contributed by atoms with E-state index in [0.717, 1.165) is 14.5 Å². The Balaban J connectivity index is 1.59. The number of aromatic nitrogens is 1. The van der Waals surface area contributed by atoms with E-state index in [2.05, 4.69) is 42.2 Å². The van der Waals surface area contributed by atoms with Gasteiger partial charge in [-0.2, -0.15) is 0 Å². The Hall–Kier alpha value is -1.63. The molecule has 0 aliphatic heterocycles. The third kappa shape index (κ3) is 4.93. The number of anilines is 1. The van der Waals surface area contributed by atoms with Crippen molar-refractivity contribution in [3.8, 4) is 11.3 Å². The van der Waals surface area contributed by atoms with Crippen molar-refractivity contribution in [2.75, 3.05) is 5.32 Å². The highest BCUT2D eigenvalue weighted by Crippen LogP contribution is 2.26. The van der Waals surface area contributed by atoms with Crippen molar-refractivity contribution in [2.45, 2.75) is 12.8 Å². The molecule has 3 aromatic rings. The van der Waals surface area contributed by atoms with Gasteiger partial charge in [-0.15, -0.1) is 0 Å². The fraction of sp³-hybridized carbons (Fsp3) is 0.111. The van der Waals surface area contributed by atoms with Gasteiger partial charge < -0.3 is 9.73 Å². The summed E-state index contributed by atoms with van der Waals surface area (Å²) in [6, 6.07) is 12.9. The molecule has 0 fully saturated rings. The topological polar surface area (TPSA) is 55.1 Å². The van der Waals surface area contributed by atoms with Crippen molar-refractivity contribution in [3.63, 3.8) is 0 Å². The summed E-state index contributed by atoms with van der Waals surface area (Å²) in [6.07, 6.45) is 2.35. The molecule has 4 nitrogen and oxygen atoms in total. The maximum atomic E-state index is 12.1. The lowest BCUT2D eigenvalue weighted by Gasteiger charge is -2.07. The van der Waals surface area contributed by atoms with Crippen molar-refractivity contribution in [1.29, 1.82) is 0 Å². The van der Waals surface area contributed by atoms with Crippen LogP contribution in [0.15, 0.2) is 62.0 Å². The molecule has 0 spiro atoms. The molecule has 1 aromatic heterocycles. The zero-order chi connectivity index (χ0) is 17.8. The summed E-state index contributed by atoms with van der Waals surface area (Å²) in [4.78, 5) is 16.4. The lowest BCUT2D eigenvalue weighted by molar-refractivity contribution is -0.116. The standard InChI is InChI=1S/C18H13Br2ClN2O2/c19-12-3-6-14(20)15(9-12)23-17(24)7-8-18-22-10-16(25-18)11-1-4-13(21)5-2-11/h1-6,9-10H,7-8H2,(H,23,24). The van der Waals surface area contributed by atoms with Crippen LogP contribution >= 0.6 is 43.5 Å². The lowest BCUT2D eigenvalue weighted by Crippen LogP contribution is -2.12. The largest absolute Gasteiger partial charge is 0.441 e. The van der Waals surface area contributed by atoms with Gasteiger partial charge >= 0.3 is 0 Å². The van der Waals surface area contributed by atoms with Gasteiger partial charge in [0.2, 0.25) is 5.91 Å². The number of rotatable bonds is 5. The molecule has 128 valence electrons. The number of oxazole rings is 1. The number of nitrogens with zero attached hydrogens (tertiary/aromatic N) is 1. The second-order valence-corrected chi connectivity index (χ2v) is 7.50. The summed E-state index contributed by atoms with van der Waals surface area (Å²) in [5.74, 6) is 1.07. The average molecular weight is 485 g/mol. The molecule has 0 aliphatic carbocycles. The molecule has 0 saturated carbocycles. The van der Waals surface area contributed by atoms with Gasteiger partial charge in [0.25, 0.3) is 0 Å². The van der Waals surface area contributed by atoms with E-state index in [-0.39, 0.29) is 12.3 Å². The third-order valence-electron chi connectivity index (χ3n) is 3.45. The molecule has 0 radical (unpaired) electrons. The molecule has 7 heteroatoms.